The number of carbonyl (C=O) groups excluding carboxylic acids is 1. The quantitative estimate of drug-likeness (QED) is 0.736. The van der Waals surface area contributed by atoms with E-state index < -0.39 is 10.0 Å². The molecule has 0 aliphatic carbocycles. The number of nitrogens with one attached hydrogen (secondary N) is 1. The lowest BCUT2D eigenvalue weighted by Gasteiger charge is -2.28. The minimum absolute atomic E-state index is 0.177. The first-order chi connectivity index (χ1) is 14.9. The molecule has 1 N–H and O–H groups in total. The molecule has 4 rings (SSSR count). The Morgan fingerprint density at radius 3 is 2.71 bits per heavy atom. The van der Waals surface area contributed by atoms with E-state index in [0.717, 1.165) is 30.7 Å². The summed E-state index contributed by atoms with van der Waals surface area (Å²) >= 11 is 0. The van der Waals surface area contributed by atoms with Crippen molar-refractivity contribution in [2.24, 2.45) is 0 Å². The molecule has 9 heteroatoms. The number of fused-ring (bicyclic) bond motifs is 1. The lowest BCUT2D eigenvalue weighted by molar-refractivity contribution is 0.0954. The molecule has 0 unspecified atom stereocenters. The van der Waals surface area contributed by atoms with Gasteiger partial charge in [-0.3, -0.25) is 13.8 Å². The molecule has 2 aliphatic heterocycles. The summed E-state index contributed by atoms with van der Waals surface area (Å²) in [6, 6.07) is 7.05. The second kappa shape index (κ2) is 9.00. The van der Waals surface area contributed by atoms with Crippen molar-refractivity contribution in [2.75, 3.05) is 29.8 Å². The van der Waals surface area contributed by atoms with Crippen molar-refractivity contribution in [2.45, 2.75) is 52.2 Å². The van der Waals surface area contributed by atoms with Crippen LogP contribution in [0.3, 0.4) is 0 Å². The first kappa shape index (κ1) is 21.8. The van der Waals surface area contributed by atoms with Crippen LogP contribution in [0.15, 0.2) is 24.3 Å². The van der Waals surface area contributed by atoms with Crippen molar-refractivity contribution < 1.29 is 17.9 Å². The van der Waals surface area contributed by atoms with Gasteiger partial charge in [-0.15, -0.1) is 0 Å². The zero-order valence-corrected chi connectivity index (χ0v) is 19.0. The van der Waals surface area contributed by atoms with Crippen molar-refractivity contribution in [1.29, 1.82) is 0 Å². The van der Waals surface area contributed by atoms with Gasteiger partial charge >= 0.3 is 0 Å². The number of carbonyl (C=O) groups is 1. The van der Waals surface area contributed by atoms with Gasteiger partial charge in [-0.05, 0) is 51.0 Å². The summed E-state index contributed by atoms with van der Waals surface area (Å²) in [6.45, 7) is 6.50. The molecule has 1 aromatic carbocycles. The third-order valence-electron chi connectivity index (χ3n) is 5.83. The highest BCUT2D eigenvalue weighted by molar-refractivity contribution is 7.92. The Morgan fingerprint density at radius 1 is 1.23 bits per heavy atom. The van der Waals surface area contributed by atoms with Crippen molar-refractivity contribution in [1.82, 2.24) is 15.1 Å². The maximum atomic E-state index is 12.6. The Balaban J connectivity index is 1.38. The molecule has 0 spiro atoms. The van der Waals surface area contributed by atoms with E-state index in [-0.39, 0.29) is 17.7 Å². The van der Waals surface area contributed by atoms with Crippen LogP contribution in [0, 0.1) is 0 Å². The maximum absolute atomic E-state index is 12.6. The maximum Gasteiger partial charge on any atom is 0.251 e. The Bertz CT molecular complexity index is 1040. The molecular formula is C22H30N4O4S. The number of nitrogens with zero attached hydrogens (tertiary/aromatic N) is 3. The van der Waals surface area contributed by atoms with Crippen molar-refractivity contribution in [3.05, 3.63) is 46.8 Å². The van der Waals surface area contributed by atoms with E-state index in [9.17, 15) is 13.2 Å². The van der Waals surface area contributed by atoms with Crippen LogP contribution < -0.4 is 9.62 Å². The van der Waals surface area contributed by atoms with Crippen LogP contribution in [-0.4, -0.2) is 49.6 Å². The molecule has 2 aliphatic rings. The molecule has 2 aromatic rings. The third kappa shape index (κ3) is 4.62. The van der Waals surface area contributed by atoms with Crippen LogP contribution in [-0.2, 0) is 34.2 Å². The van der Waals surface area contributed by atoms with E-state index >= 15 is 0 Å². The average Bonchev–Trinajstić information content (AvgIpc) is 3.13. The molecule has 1 fully saturated rings. The summed E-state index contributed by atoms with van der Waals surface area (Å²) < 4.78 is 33.6. The van der Waals surface area contributed by atoms with E-state index in [4.69, 9.17) is 9.84 Å². The fourth-order valence-electron chi connectivity index (χ4n) is 4.21. The van der Waals surface area contributed by atoms with Gasteiger partial charge in [-0.1, -0.05) is 0 Å². The van der Waals surface area contributed by atoms with Gasteiger partial charge in [0, 0.05) is 48.8 Å². The van der Waals surface area contributed by atoms with E-state index in [1.807, 2.05) is 0 Å². The van der Waals surface area contributed by atoms with E-state index in [1.165, 1.54) is 10.00 Å². The highest BCUT2D eigenvalue weighted by Crippen LogP contribution is 2.25. The molecule has 0 atom stereocenters. The zero-order valence-electron chi connectivity index (χ0n) is 18.1. The van der Waals surface area contributed by atoms with Gasteiger partial charge < -0.3 is 10.1 Å². The first-order valence-electron chi connectivity index (χ1n) is 10.9. The normalized spacial score (nSPS) is 18.1. The van der Waals surface area contributed by atoms with E-state index in [1.54, 1.807) is 24.3 Å². The van der Waals surface area contributed by atoms with Gasteiger partial charge in [0.1, 0.15) is 0 Å². The fourth-order valence-corrected chi connectivity index (χ4v) is 5.85. The Hall–Kier alpha value is -2.39. The summed E-state index contributed by atoms with van der Waals surface area (Å²) in [5.41, 5.74) is 4.50. The molecule has 0 saturated carbocycles. The highest BCUT2D eigenvalue weighted by Gasteiger charge is 2.26. The SMILES string of the molecule is CC(C)n1nc(CCNC(=O)c2ccc(N3CCCCS3(=O)=O)cc2)c2c1CCOC2. The summed E-state index contributed by atoms with van der Waals surface area (Å²) in [4.78, 5) is 12.6. The lowest BCUT2D eigenvalue weighted by Crippen LogP contribution is -2.37. The number of hydrogen-bond acceptors (Lipinski definition) is 5. The standard InChI is InChI=1S/C22H30N4O4S/c1-16(2)26-21-10-13-30-15-19(21)20(24-26)9-11-23-22(27)17-5-7-18(8-6-17)25-12-3-4-14-31(25,28)29/h5-8,16H,3-4,9-15H2,1-2H3,(H,23,27). The van der Waals surface area contributed by atoms with Crippen LogP contribution >= 0.6 is 0 Å². The van der Waals surface area contributed by atoms with Gasteiger partial charge in [-0.25, -0.2) is 8.42 Å². The summed E-state index contributed by atoms with van der Waals surface area (Å²) in [5.74, 6) is -0.00207. The summed E-state index contributed by atoms with van der Waals surface area (Å²) in [5, 5.41) is 7.71. The van der Waals surface area contributed by atoms with Gasteiger partial charge in [0.15, 0.2) is 0 Å². The Labute approximate surface area is 183 Å². The Morgan fingerprint density at radius 2 is 2.00 bits per heavy atom. The average molecular weight is 447 g/mol. The van der Waals surface area contributed by atoms with Crippen LogP contribution in [0.25, 0.3) is 0 Å². The second-order valence-corrected chi connectivity index (χ2v) is 10.4. The van der Waals surface area contributed by atoms with Gasteiger partial charge in [0.2, 0.25) is 10.0 Å². The number of anilines is 1. The molecule has 3 heterocycles. The van der Waals surface area contributed by atoms with Gasteiger partial charge in [-0.2, -0.15) is 5.10 Å². The number of ether oxygens (including phenoxy) is 1. The van der Waals surface area contributed by atoms with Crippen molar-refractivity contribution in [3.63, 3.8) is 0 Å². The molecule has 168 valence electrons. The molecule has 0 radical (unpaired) electrons. The summed E-state index contributed by atoms with van der Waals surface area (Å²) in [7, 11) is -3.25. The topological polar surface area (TPSA) is 93.5 Å². The Kier molecular flexibility index (Phi) is 6.34. The molecule has 1 aromatic heterocycles. The van der Waals surface area contributed by atoms with Crippen LogP contribution in [0.5, 0.6) is 0 Å². The number of hydrogen-bond donors (Lipinski definition) is 1. The van der Waals surface area contributed by atoms with Crippen molar-refractivity contribution in [3.8, 4) is 0 Å². The molecular weight excluding hydrogens is 416 g/mol. The van der Waals surface area contributed by atoms with E-state index in [0.29, 0.717) is 43.8 Å². The van der Waals surface area contributed by atoms with Gasteiger partial charge in [0.05, 0.1) is 30.3 Å². The monoisotopic (exact) mass is 446 g/mol. The molecule has 31 heavy (non-hydrogen) atoms. The number of rotatable bonds is 6. The van der Waals surface area contributed by atoms with E-state index in [2.05, 4.69) is 23.8 Å². The summed E-state index contributed by atoms with van der Waals surface area (Å²) in [6.07, 6.45) is 3.06. The zero-order chi connectivity index (χ0) is 22.0. The van der Waals surface area contributed by atoms with Crippen molar-refractivity contribution >= 4 is 21.6 Å². The van der Waals surface area contributed by atoms with Gasteiger partial charge in [0.25, 0.3) is 5.91 Å². The molecule has 1 amide bonds. The number of aromatic nitrogens is 2. The molecule has 0 bridgehead atoms. The highest BCUT2D eigenvalue weighted by atomic mass is 32.2. The third-order valence-corrected chi connectivity index (χ3v) is 7.70. The smallest absolute Gasteiger partial charge is 0.251 e. The number of amides is 1. The number of benzene rings is 1. The predicted octanol–water partition coefficient (Wildman–Crippen LogP) is 2.44. The lowest BCUT2D eigenvalue weighted by atomic mass is 10.1. The second-order valence-electron chi connectivity index (χ2n) is 8.36. The molecule has 1 saturated heterocycles. The molecule has 8 nitrogen and oxygen atoms in total. The predicted molar refractivity (Wildman–Crippen MR) is 119 cm³/mol. The van der Waals surface area contributed by atoms with Crippen LogP contribution in [0.2, 0.25) is 0 Å². The fraction of sp³-hybridized carbons (Fsp3) is 0.545. The minimum atomic E-state index is -3.25. The van der Waals surface area contributed by atoms with Crippen LogP contribution in [0.1, 0.15) is 60.0 Å². The first-order valence-corrected chi connectivity index (χ1v) is 12.5. The minimum Gasteiger partial charge on any atom is -0.376 e. The number of sulfonamides is 1. The largest absolute Gasteiger partial charge is 0.376 e. The van der Waals surface area contributed by atoms with Crippen LogP contribution in [0.4, 0.5) is 5.69 Å².